The number of anilines is 2. The van der Waals surface area contributed by atoms with Crippen LogP contribution < -0.4 is 24.8 Å². The zero-order valence-electron chi connectivity index (χ0n) is 19.0. The van der Waals surface area contributed by atoms with Crippen LogP contribution in [0.1, 0.15) is 23.7 Å². The van der Waals surface area contributed by atoms with Gasteiger partial charge >= 0.3 is 0 Å². The van der Waals surface area contributed by atoms with Crippen LogP contribution in [-0.4, -0.2) is 33.2 Å². The fourth-order valence-electron chi connectivity index (χ4n) is 2.90. The second-order valence-corrected chi connectivity index (χ2v) is 10.2. The Bertz CT molecular complexity index is 1300. The molecule has 8 nitrogen and oxygen atoms in total. The summed E-state index contributed by atoms with van der Waals surface area (Å²) in [6.07, 6.45) is 0.876. The Morgan fingerprint density at radius 1 is 1.00 bits per heavy atom. The molecule has 35 heavy (non-hydrogen) atoms. The van der Waals surface area contributed by atoms with Gasteiger partial charge < -0.3 is 14.8 Å². The van der Waals surface area contributed by atoms with Gasteiger partial charge in [-0.2, -0.15) is 0 Å². The standard InChI is InChI=1S/C24H24BrN3O5S2/c1-3-14-33-22-13-4-16(15-21(22)25)23(29)27-24(34)26-17-7-11-20(12-8-17)35(30,31)28-18-5-9-19(32-2)10-6-18/h4-13,15,28H,3,14H2,1-2H3,(H2,26,27,29,34). The highest BCUT2D eigenvalue weighted by atomic mass is 79.9. The zero-order valence-corrected chi connectivity index (χ0v) is 22.2. The van der Waals surface area contributed by atoms with Crippen LogP contribution in [0, 0.1) is 0 Å². The van der Waals surface area contributed by atoms with Gasteiger partial charge in [0.2, 0.25) is 0 Å². The van der Waals surface area contributed by atoms with Gasteiger partial charge in [0.15, 0.2) is 5.11 Å². The van der Waals surface area contributed by atoms with Crippen LogP contribution in [0.2, 0.25) is 0 Å². The van der Waals surface area contributed by atoms with Crippen LogP contribution in [0.15, 0.2) is 76.1 Å². The van der Waals surface area contributed by atoms with E-state index in [4.69, 9.17) is 21.7 Å². The number of benzene rings is 3. The number of amides is 1. The quantitative estimate of drug-likeness (QED) is 0.301. The normalized spacial score (nSPS) is 10.8. The van der Waals surface area contributed by atoms with E-state index in [2.05, 4.69) is 31.3 Å². The predicted molar refractivity (Wildman–Crippen MR) is 144 cm³/mol. The maximum absolute atomic E-state index is 12.6. The maximum Gasteiger partial charge on any atom is 0.261 e. The first-order valence-electron chi connectivity index (χ1n) is 10.5. The highest BCUT2D eigenvalue weighted by molar-refractivity contribution is 9.10. The molecule has 0 atom stereocenters. The molecule has 11 heteroatoms. The number of thiocarbonyl (C=S) groups is 1. The zero-order chi connectivity index (χ0) is 25.4. The maximum atomic E-state index is 12.6. The van der Waals surface area contributed by atoms with Gasteiger partial charge in [0, 0.05) is 16.9 Å². The molecule has 0 aliphatic carbocycles. The second kappa shape index (κ2) is 12.0. The third-order valence-corrected chi connectivity index (χ3v) is 6.87. The molecule has 0 aromatic heterocycles. The van der Waals surface area contributed by atoms with Gasteiger partial charge in [-0.25, -0.2) is 8.42 Å². The minimum atomic E-state index is -3.78. The lowest BCUT2D eigenvalue weighted by Gasteiger charge is -2.12. The number of carbonyl (C=O) groups excluding carboxylic acids is 1. The second-order valence-electron chi connectivity index (χ2n) is 7.26. The average molecular weight is 579 g/mol. The summed E-state index contributed by atoms with van der Waals surface area (Å²) in [5.41, 5.74) is 1.33. The molecule has 3 aromatic rings. The van der Waals surface area contributed by atoms with E-state index in [9.17, 15) is 13.2 Å². The summed E-state index contributed by atoms with van der Waals surface area (Å²) in [7, 11) is -2.25. The highest BCUT2D eigenvalue weighted by Gasteiger charge is 2.15. The molecule has 0 saturated carbocycles. The minimum absolute atomic E-state index is 0.0732. The Balaban J connectivity index is 1.59. The smallest absolute Gasteiger partial charge is 0.261 e. The van der Waals surface area contributed by atoms with Gasteiger partial charge in [0.05, 0.1) is 23.1 Å². The molecule has 0 saturated heterocycles. The van der Waals surface area contributed by atoms with E-state index in [1.165, 1.54) is 19.2 Å². The van der Waals surface area contributed by atoms with Crippen molar-refractivity contribution in [2.45, 2.75) is 18.2 Å². The Kier molecular flexibility index (Phi) is 9.07. The number of hydrogen-bond donors (Lipinski definition) is 3. The van der Waals surface area contributed by atoms with Crippen molar-refractivity contribution in [3.05, 3.63) is 76.8 Å². The highest BCUT2D eigenvalue weighted by Crippen LogP contribution is 2.26. The fraction of sp³-hybridized carbons (Fsp3) is 0.167. The first-order chi connectivity index (χ1) is 16.7. The Labute approximate surface area is 218 Å². The van der Waals surface area contributed by atoms with Crippen molar-refractivity contribution in [1.29, 1.82) is 0 Å². The molecule has 0 fully saturated rings. The van der Waals surface area contributed by atoms with Crippen LogP contribution in [0.3, 0.4) is 0 Å². The summed E-state index contributed by atoms with van der Waals surface area (Å²) < 4.78 is 39.1. The number of ether oxygens (including phenoxy) is 2. The van der Waals surface area contributed by atoms with E-state index in [0.29, 0.717) is 39.5 Å². The van der Waals surface area contributed by atoms with Gasteiger partial charge in [-0.3, -0.25) is 14.8 Å². The van der Waals surface area contributed by atoms with Crippen LogP contribution in [0.25, 0.3) is 0 Å². The van der Waals surface area contributed by atoms with Crippen molar-refractivity contribution < 1.29 is 22.7 Å². The summed E-state index contributed by atoms with van der Waals surface area (Å²) in [5, 5.41) is 5.55. The molecule has 0 radical (unpaired) electrons. The molecule has 3 rings (SSSR count). The summed E-state index contributed by atoms with van der Waals surface area (Å²) in [4.78, 5) is 12.6. The van der Waals surface area contributed by atoms with E-state index < -0.39 is 15.9 Å². The number of rotatable bonds is 9. The SMILES string of the molecule is CCCOc1ccc(C(=O)NC(=S)Nc2ccc(S(=O)(=O)Nc3ccc(OC)cc3)cc2)cc1Br. The third-order valence-electron chi connectivity index (χ3n) is 4.65. The number of carbonyl (C=O) groups is 1. The third kappa shape index (κ3) is 7.41. The van der Waals surface area contributed by atoms with Crippen molar-refractivity contribution in [3.8, 4) is 11.5 Å². The number of hydrogen-bond acceptors (Lipinski definition) is 6. The van der Waals surface area contributed by atoms with E-state index in [-0.39, 0.29) is 10.0 Å². The summed E-state index contributed by atoms with van der Waals surface area (Å²) in [5.74, 6) is 0.880. The number of nitrogens with one attached hydrogen (secondary N) is 3. The Morgan fingerprint density at radius 2 is 1.66 bits per heavy atom. The van der Waals surface area contributed by atoms with Gasteiger partial charge in [0.1, 0.15) is 11.5 Å². The van der Waals surface area contributed by atoms with Crippen LogP contribution in [0.5, 0.6) is 11.5 Å². The fourth-order valence-corrected chi connectivity index (χ4v) is 4.66. The molecule has 1 amide bonds. The number of halogens is 1. The minimum Gasteiger partial charge on any atom is -0.497 e. The summed E-state index contributed by atoms with van der Waals surface area (Å²) in [6, 6.07) is 17.5. The lowest BCUT2D eigenvalue weighted by molar-refractivity contribution is 0.0977. The van der Waals surface area contributed by atoms with Crippen molar-refractivity contribution in [1.82, 2.24) is 5.32 Å². The number of methoxy groups -OCH3 is 1. The average Bonchev–Trinajstić information content (AvgIpc) is 2.83. The van der Waals surface area contributed by atoms with E-state index in [1.807, 2.05) is 6.92 Å². The predicted octanol–water partition coefficient (Wildman–Crippen LogP) is 5.17. The van der Waals surface area contributed by atoms with Crippen LogP contribution in [-0.2, 0) is 10.0 Å². The summed E-state index contributed by atoms with van der Waals surface area (Å²) in [6.45, 7) is 2.59. The molecule has 184 valence electrons. The summed E-state index contributed by atoms with van der Waals surface area (Å²) >= 11 is 8.62. The van der Waals surface area contributed by atoms with Crippen LogP contribution in [0.4, 0.5) is 11.4 Å². The molecular formula is C24H24BrN3O5S2. The molecule has 0 unspecified atom stereocenters. The molecule has 0 bridgehead atoms. The molecule has 3 N–H and O–H groups in total. The topological polar surface area (TPSA) is 106 Å². The lowest BCUT2D eigenvalue weighted by Crippen LogP contribution is -2.34. The van der Waals surface area contributed by atoms with Gasteiger partial charge in [-0.05, 0) is 101 Å². The van der Waals surface area contributed by atoms with Crippen molar-refractivity contribution in [2.24, 2.45) is 0 Å². The van der Waals surface area contributed by atoms with E-state index in [0.717, 1.165) is 6.42 Å². The molecule has 0 aliphatic heterocycles. The van der Waals surface area contributed by atoms with E-state index in [1.54, 1.807) is 54.6 Å². The molecule has 0 spiro atoms. The van der Waals surface area contributed by atoms with Crippen LogP contribution >= 0.6 is 28.1 Å². The van der Waals surface area contributed by atoms with Gasteiger partial charge in [-0.1, -0.05) is 6.92 Å². The molecule has 3 aromatic carbocycles. The molecule has 0 aliphatic rings. The Hall–Kier alpha value is -3.15. The largest absolute Gasteiger partial charge is 0.497 e. The van der Waals surface area contributed by atoms with Gasteiger partial charge in [0.25, 0.3) is 15.9 Å². The van der Waals surface area contributed by atoms with E-state index >= 15 is 0 Å². The molecule has 0 heterocycles. The number of sulfonamides is 1. The lowest BCUT2D eigenvalue weighted by atomic mass is 10.2. The monoisotopic (exact) mass is 577 g/mol. The van der Waals surface area contributed by atoms with Crippen molar-refractivity contribution in [2.75, 3.05) is 23.8 Å². The van der Waals surface area contributed by atoms with Crippen molar-refractivity contribution >= 4 is 60.6 Å². The van der Waals surface area contributed by atoms with Crippen molar-refractivity contribution in [3.63, 3.8) is 0 Å². The molecular weight excluding hydrogens is 554 g/mol. The van der Waals surface area contributed by atoms with Gasteiger partial charge in [-0.15, -0.1) is 0 Å². The first kappa shape index (κ1) is 26.5. The first-order valence-corrected chi connectivity index (χ1v) is 13.2. The Morgan fingerprint density at radius 3 is 2.26 bits per heavy atom.